The highest BCUT2D eigenvalue weighted by atomic mass is 79.9. The first-order chi connectivity index (χ1) is 11.0. The Balaban J connectivity index is 2.32. The van der Waals surface area contributed by atoms with E-state index < -0.39 is 0 Å². The molecule has 0 atom stereocenters. The van der Waals surface area contributed by atoms with Gasteiger partial charge in [-0.15, -0.1) is 0 Å². The number of benzene rings is 2. The molecule has 0 amide bonds. The lowest BCUT2D eigenvalue weighted by molar-refractivity contribution is 0.104. The topological polar surface area (TPSA) is 55.8 Å². The van der Waals surface area contributed by atoms with Gasteiger partial charge >= 0.3 is 0 Å². The van der Waals surface area contributed by atoms with Crippen LogP contribution in [0, 0.1) is 6.92 Å². The summed E-state index contributed by atoms with van der Waals surface area (Å²) in [4.78, 5) is 12.4. The highest BCUT2D eigenvalue weighted by molar-refractivity contribution is 9.10. The zero-order chi connectivity index (χ0) is 17.0. The third-order valence-electron chi connectivity index (χ3n) is 3.32. The minimum absolute atomic E-state index is 0.0244. The van der Waals surface area contributed by atoms with Crippen molar-refractivity contribution in [3.8, 4) is 17.2 Å². The summed E-state index contributed by atoms with van der Waals surface area (Å²) >= 11 is 3.25. The van der Waals surface area contributed by atoms with E-state index in [4.69, 9.17) is 9.47 Å². The average molecular weight is 377 g/mol. The number of ketones is 1. The van der Waals surface area contributed by atoms with Gasteiger partial charge in [0.25, 0.3) is 0 Å². The maximum Gasteiger partial charge on any atom is 0.189 e. The molecule has 1 N–H and O–H groups in total. The minimum Gasteiger partial charge on any atom is -0.503 e. The predicted octanol–water partition coefficient (Wildman–Crippen LogP) is 4.38. The lowest BCUT2D eigenvalue weighted by Gasteiger charge is -2.07. The fourth-order valence-electron chi connectivity index (χ4n) is 2.12. The molecule has 0 saturated carbocycles. The van der Waals surface area contributed by atoms with Crippen molar-refractivity contribution in [3.63, 3.8) is 0 Å². The largest absolute Gasteiger partial charge is 0.503 e. The molecule has 120 valence electrons. The first-order valence-corrected chi connectivity index (χ1v) is 7.69. The molecule has 2 aromatic rings. The molecule has 23 heavy (non-hydrogen) atoms. The van der Waals surface area contributed by atoms with Crippen molar-refractivity contribution >= 4 is 27.8 Å². The average Bonchev–Trinajstić information content (AvgIpc) is 2.55. The van der Waals surface area contributed by atoms with Gasteiger partial charge in [-0.2, -0.15) is 0 Å². The van der Waals surface area contributed by atoms with Gasteiger partial charge < -0.3 is 14.6 Å². The number of hydrogen-bond donors (Lipinski definition) is 1. The van der Waals surface area contributed by atoms with Gasteiger partial charge in [-0.05, 0) is 58.8 Å². The molecule has 0 fully saturated rings. The number of phenols is 1. The van der Waals surface area contributed by atoms with E-state index in [0.717, 1.165) is 11.1 Å². The van der Waals surface area contributed by atoms with Crippen LogP contribution in [0.4, 0.5) is 0 Å². The van der Waals surface area contributed by atoms with Gasteiger partial charge in [0.1, 0.15) is 5.75 Å². The van der Waals surface area contributed by atoms with Crippen LogP contribution in [0.3, 0.4) is 0 Å². The normalized spacial score (nSPS) is 10.8. The summed E-state index contributed by atoms with van der Waals surface area (Å²) in [6.07, 6.45) is 3.13. The summed E-state index contributed by atoms with van der Waals surface area (Å²) in [5.41, 5.74) is 2.22. The number of aromatic hydroxyl groups is 1. The molecule has 0 bridgehead atoms. The van der Waals surface area contributed by atoms with Gasteiger partial charge in [0.05, 0.1) is 24.3 Å². The molecule has 0 aliphatic rings. The van der Waals surface area contributed by atoms with Crippen molar-refractivity contribution in [1.82, 2.24) is 0 Å². The summed E-state index contributed by atoms with van der Waals surface area (Å²) in [7, 11) is 3.00. The molecule has 0 aliphatic carbocycles. The summed E-state index contributed by atoms with van der Waals surface area (Å²) in [5.74, 6) is 0.736. The molecule has 0 unspecified atom stereocenters. The van der Waals surface area contributed by atoms with E-state index in [1.807, 2.05) is 13.0 Å². The molecule has 0 radical (unpaired) electrons. The van der Waals surface area contributed by atoms with Crippen LogP contribution in [0.5, 0.6) is 17.2 Å². The Morgan fingerprint density at radius 2 is 1.83 bits per heavy atom. The van der Waals surface area contributed by atoms with Gasteiger partial charge in [-0.25, -0.2) is 0 Å². The Kier molecular flexibility index (Phi) is 5.45. The van der Waals surface area contributed by atoms with Crippen LogP contribution in [0.2, 0.25) is 0 Å². The summed E-state index contributed by atoms with van der Waals surface area (Å²) < 4.78 is 10.8. The van der Waals surface area contributed by atoms with E-state index in [0.29, 0.717) is 21.5 Å². The molecule has 2 rings (SSSR count). The molecule has 0 aliphatic heterocycles. The van der Waals surface area contributed by atoms with Crippen LogP contribution in [0.25, 0.3) is 6.08 Å². The quantitative estimate of drug-likeness (QED) is 0.621. The van der Waals surface area contributed by atoms with E-state index in [-0.39, 0.29) is 11.5 Å². The van der Waals surface area contributed by atoms with Crippen LogP contribution in [-0.4, -0.2) is 25.1 Å². The van der Waals surface area contributed by atoms with Crippen molar-refractivity contribution < 1.29 is 19.4 Å². The second-order valence-electron chi connectivity index (χ2n) is 4.95. The van der Waals surface area contributed by atoms with Crippen molar-refractivity contribution in [2.75, 3.05) is 14.2 Å². The monoisotopic (exact) mass is 376 g/mol. The van der Waals surface area contributed by atoms with Gasteiger partial charge in [-0.3, -0.25) is 4.79 Å². The molecule has 0 saturated heterocycles. The maximum absolute atomic E-state index is 12.4. The highest BCUT2D eigenvalue weighted by Gasteiger charge is 2.11. The number of allylic oxidation sites excluding steroid dienone is 1. The number of phenolic OH excluding ortho intramolecular Hbond substituents is 1. The van der Waals surface area contributed by atoms with Gasteiger partial charge in [-0.1, -0.05) is 17.7 Å². The van der Waals surface area contributed by atoms with Gasteiger partial charge in [0.2, 0.25) is 0 Å². The van der Waals surface area contributed by atoms with Crippen molar-refractivity contribution in [1.29, 1.82) is 0 Å². The van der Waals surface area contributed by atoms with Crippen molar-refractivity contribution in [2.45, 2.75) is 6.92 Å². The van der Waals surface area contributed by atoms with E-state index in [9.17, 15) is 9.90 Å². The number of halogens is 1. The van der Waals surface area contributed by atoms with E-state index in [1.165, 1.54) is 20.3 Å². The molecular formula is C18H17BrO4. The van der Waals surface area contributed by atoms with Crippen LogP contribution in [-0.2, 0) is 0 Å². The lowest BCUT2D eigenvalue weighted by Crippen LogP contribution is -1.99. The zero-order valence-corrected chi connectivity index (χ0v) is 14.7. The van der Waals surface area contributed by atoms with Gasteiger partial charge in [0, 0.05) is 0 Å². The Morgan fingerprint density at radius 3 is 2.48 bits per heavy atom. The predicted molar refractivity (Wildman–Crippen MR) is 93.5 cm³/mol. The maximum atomic E-state index is 12.4. The molecule has 0 heterocycles. The number of carbonyl (C=O) groups is 1. The molecule has 2 aromatic carbocycles. The number of hydrogen-bond acceptors (Lipinski definition) is 4. The Morgan fingerprint density at radius 1 is 1.13 bits per heavy atom. The standard InChI is InChI=1S/C18H17BrO4/c1-11-4-7-16(22-2)13(8-11)15(20)6-5-12-9-14(19)18(21)17(10-12)23-3/h4-10,21H,1-3H3. The van der Waals surface area contributed by atoms with E-state index in [1.54, 1.807) is 30.3 Å². The summed E-state index contributed by atoms with van der Waals surface area (Å²) in [5, 5.41) is 9.80. The number of aryl methyl sites for hydroxylation is 1. The number of carbonyl (C=O) groups excluding carboxylic acids is 1. The molecule has 5 heteroatoms. The molecule has 4 nitrogen and oxygen atoms in total. The first kappa shape index (κ1) is 17.1. The molecule has 0 spiro atoms. The number of rotatable bonds is 5. The third kappa shape index (κ3) is 3.93. The Bertz CT molecular complexity index is 766. The Labute approximate surface area is 143 Å². The van der Waals surface area contributed by atoms with Crippen LogP contribution in [0.1, 0.15) is 21.5 Å². The summed E-state index contributed by atoms with van der Waals surface area (Å²) in [6, 6.07) is 8.81. The van der Waals surface area contributed by atoms with Crippen molar-refractivity contribution in [3.05, 3.63) is 57.6 Å². The SMILES string of the molecule is COc1ccc(C)cc1C(=O)C=Cc1cc(Br)c(O)c(OC)c1. The second-order valence-corrected chi connectivity index (χ2v) is 5.81. The fraction of sp³-hybridized carbons (Fsp3) is 0.167. The lowest BCUT2D eigenvalue weighted by atomic mass is 10.1. The Hall–Kier alpha value is -2.27. The van der Waals surface area contributed by atoms with Gasteiger partial charge in [0.15, 0.2) is 17.3 Å². The minimum atomic E-state index is -0.159. The fourth-order valence-corrected chi connectivity index (χ4v) is 2.58. The molecular weight excluding hydrogens is 360 g/mol. The smallest absolute Gasteiger partial charge is 0.189 e. The highest BCUT2D eigenvalue weighted by Crippen LogP contribution is 2.35. The third-order valence-corrected chi connectivity index (χ3v) is 3.92. The van der Waals surface area contributed by atoms with Crippen LogP contribution >= 0.6 is 15.9 Å². The zero-order valence-electron chi connectivity index (χ0n) is 13.1. The first-order valence-electron chi connectivity index (χ1n) is 6.89. The number of ether oxygens (including phenoxy) is 2. The van der Waals surface area contributed by atoms with Crippen LogP contribution < -0.4 is 9.47 Å². The van der Waals surface area contributed by atoms with E-state index in [2.05, 4.69) is 15.9 Å². The van der Waals surface area contributed by atoms with Crippen LogP contribution in [0.15, 0.2) is 40.9 Å². The van der Waals surface area contributed by atoms with Crippen molar-refractivity contribution in [2.24, 2.45) is 0 Å². The second kappa shape index (κ2) is 7.33. The van der Waals surface area contributed by atoms with E-state index >= 15 is 0 Å². The molecule has 0 aromatic heterocycles. The number of methoxy groups -OCH3 is 2. The summed E-state index contributed by atoms with van der Waals surface area (Å²) in [6.45, 7) is 1.92.